The molecule has 2 fully saturated rings. The van der Waals surface area contributed by atoms with Crippen molar-refractivity contribution in [1.29, 1.82) is 0 Å². The van der Waals surface area contributed by atoms with E-state index in [0.29, 0.717) is 18.6 Å². The smallest absolute Gasteiger partial charge is 0.236 e. The second-order valence-electron chi connectivity index (χ2n) is 5.86. The molecule has 18 heavy (non-hydrogen) atoms. The van der Waals surface area contributed by atoms with Crippen molar-refractivity contribution < 1.29 is 4.79 Å². The summed E-state index contributed by atoms with van der Waals surface area (Å²) < 4.78 is 0. The Morgan fingerprint density at radius 1 is 1.22 bits per heavy atom. The molecule has 2 N–H and O–H groups in total. The van der Waals surface area contributed by atoms with Gasteiger partial charge >= 0.3 is 0 Å². The van der Waals surface area contributed by atoms with Gasteiger partial charge in [0.05, 0.1) is 6.54 Å². The van der Waals surface area contributed by atoms with Gasteiger partial charge in [0.1, 0.15) is 0 Å². The number of carbonyl (C=O) groups is 1. The lowest BCUT2D eigenvalue weighted by atomic mass is 10.1. The van der Waals surface area contributed by atoms with Crippen molar-refractivity contribution in [2.75, 3.05) is 46.8 Å². The highest BCUT2D eigenvalue weighted by molar-refractivity contribution is 5.78. The molecule has 0 aromatic heterocycles. The standard InChI is InChI=1S/C13H26N4O/c1-15(2)12-5-8-17(9-12)13(18)10-16-6-3-11(14)4-7-16/h11-12H,3-10,14H2,1-2H3. The molecule has 1 amide bonds. The molecule has 2 heterocycles. The first-order valence-electron chi connectivity index (χ1n) is 6.98. The predicted octanol–water partition coefficient (Wildman–Crippen LogP) is -0.428. The van der Waals surface area contributed by atoms with E-state index in [4.69, 9.17) is 5.73 Å². The lowest BCUT2D eigenvalue weighted by molar-refractivity contribution is -0.131. The lowest BCUT2D eigenvalue weighted by Crippen LogP contribution is -2.45. The van der Waals surface area contributed by atoms with E-state index in [1.165, 1.54) is 0 Å². The average Bonchev–Trinajstić information content (AvgIpc) is 2.81. The van der Waals surface area contributed by atoms with Crippen molar-refractivity contribution in [3.63, 3.8) is 0 Å². The van der Waals surface area contributed by atoms with Crippen molar-refractivity contribution in [2.45, 2.75) is 31.3 Å². The molecule has 0 bridgehead atoms. The number of rotatable bonds is 3. The highest BCUT2D eigenvalue weighted by atomic mass is 16.2. The van der Waals surface area contributed by atoms with Crippen molar-refractivity contribution in [1.82, 2.24) is 14.7 Å². The monoisotopic (exact) mass is 254 g/mol. The molecule has 2 rings (SSSR count). The maximum atomic E-state index is 12.2. The minimum absolute atomic E-state index is 0.287. The minimum atomic E-state index is 0.287. The first-order chi connectivity index (χ1) is 8.56. The summed E-state index contributed by atoms with van der Waals surface area (Å²) in [5, 5.41) is 0. The number of hydrogen-bond donors (Lipinski definition) is 1. The SMILES string of the molecule is CN(C)C1CCN(C(=O)CN2CCC(N)CC2)C1. The van der Waals surface area contributed by atoms with Crippen LogP contribution in [0.25, 0.3) is 0 Å². The van der Waals surface area contributed by atoms with E-state index in [2.05, 4.69) is 23.9 Å². The van der Waals surface area contributed by atoms with Gasteiger partial charge in [-0.15, -0.1) is 0 Å². The fourth-order valence-corrected chi connectivity index (χ4v) is 2.79. The van der Waals surface area contributed by atoms with E-state index in [1.54, 1.807) is 0 Å². The van der Waals surface area contributed by atoms with Crippen LogP contribution in [0.1, 0.15) is 19.3 Å². The van der Waals surface area contributed by atoms with Gasteiger partial charge in [-0.25, -0.2) is 0 Å². The zero-order valence-corrected chi connectivity index (χ0v) is 11.6. The third-order valence-corrected chi connectivity index (χ3v) is 4.24. The van der Waals surface area contributed by atoms with Gasteiger partial charge in [0.25, 0.3) is 0 Å². The summed E-state index contributed by atoms with van der Waals surface area (Å²) in [5.41, 5.74) is 5.87. The molecule has 1 unspecified atom stereocenters. The van der Waals surface area contributed by atoms with Crippen LogP contribution in [0.5, 0.6) is 0 Å². The Labute approximate surface area is 110 Å². The Kier molecular flexibility index (Phi) is 4.59. The molecule has 0 aromatic rings. The van der Waals surface area contributed by atoms with Crippen molar-refractivity contribution in [3.05, 3.63) is 0 Å². The Morgan fingerprint density at radius 2 is 1.89 bits per heavy atom. The number of likely N-dealkylation sites (tertiary alicyclic amines) is 2. The number of piperidine rings is 1. The molecular weight excluding hydrogens is 228 g/mol. The third kappa shape index (κ3) is 3.43. The topological polar surface area (TPSA) is 52.8 Å². The molecule has 104 valence electrons. The summed E-state index contributed by atoms with van der Waals surface area (Å²) in [6, 6.07) is 0.866. The van der Waals surface area contributed by atoms with Crippen LogP contribution >= 0.6 is 0 Å². The zero-order valence-electron chi connectivity index (χ0n) is 11.6. The van der Waals surface area contributed by atoms with Crippen LogP contribution in [0.2, 0.25) is 0 Å². The van der Waals surface area contributed by atoms with Crippen LogP contribution in [-0.2, 0) is 4.79 Å². The molecule has 1 atom stereocenters. The van der Waals surface area contributed by atoms with Gasteiger partial charge in [-0.2, -0.15) is 0 Å². The summed E-state index contributed by atoms with van der Waals surface area (Å²) in [5.74, 6) is 0.287. The van der Waals surface area contributed by atoms with Gasteiger partial charge in [0.15, 0.2) is 0 Å². The van der Waals surface area contributed by atoms with E-state index in [1.807, 2.05) is 4.90 Å². The van der Waals surface area contributed by atoms with Crippen LogP contribution < -0.4 is 5.73 Å². The van der Waals surface area contributed by atoms with Gasteiger partial charge in [-0.1, -0.05) is 0 Å². The van der Waals surface area contributed by atoms with Gasteiger partial charge in [0, 0.05) is 38.3 Å². The van der Waals surface area contributed by atoms with Gasteiger partial charge in [-0.3, -0.25) is 9.69 Å². The number of carbonyl (C=O) groups excluding carboxylic acids is 1. The normalized spacial score (nSPS) is 27.1. The molecule has 0 aromatic carbocycles. The number of nitrogens with zero attached hydrogens (tertiary/aromatic N) is 3. The maximum Gasteiger partial charge on any atom is 0.236 e. The van der Waals surface area contributed by atoms with Crippen molar-refractivity contribution in [2.24, 2.45) is 5.73 Å². The highest BCUT2D eigenvalue weighted by Gasteiger charge is 2.28. The van der Waals surface area contributed by atoms with Crippen LogP contribution in [0, 0.1) is 0 Å². The van der Waals surface area contributed by atoms with E-state index < -0.39 is 0 Å². The summed E-state index contributed by atoms with van der Waals surface area (Å²) in [4.78, 5) is 18.7. The number of nitrogens with two attached hydrogens (primary N) is 1. The molecule has 2 saturated heterocycles. The Balaban J connectivity index is 1.75. The second kappa shape index (κ2) is 5.99. The molecule has 5 heteroatoms. The third-order valence-electron chi connectivity index (χ3n) is 4.24. The van der Waals surface area contributed by atoms with Crippen LogP contribution in [0.15, 0.2) is 0 Å². The molecule has 2 aliphatic heterocycles. The molecule has 0 saturated carbocycles. The molecular formula is C13H26N4O. The Hall–Kier alpha value is -0.650. The summed E-state index contributed by atoms with van der Waals surface area (Å²) in [7, 11) is 4.18. The summed E-state index contributed by atoms with van der Waals surface area (Å²) in [6.45, 7) is 4.32. The molecule has 0 radical (unpaired) electrons. The molecule has 2 aliphatic rings. The summed E-state index contributed by atoms with van der Waals surface area (Å²) >= 11 is 0. The van der Waals surface area contributed by atoms with Crippen LogP contribution in [0.3, 0.4) is 0 Å². The van der Waals surface area contributed by atoms with E-state index in [9.17, 15) is 4.79 Å². The van der Waals surface area contributed by atoms with Gasteiger partial charge < -0.3 is 15.5 Å². The highest BCUT2D eigenvalue weighted by Crippen LogP contribution is 2.14. The first kappa shape index (κ1) is 13.8. The number of hydrogen-bond acceptors (Lipinski definition) is 4. The van der Waals surface area contributed by atoms with Crippen LogP contribution in [-0.4, -0.2) is 79.5 Å². The number of likely N-dealkylation sites (N-methyl/N-ethyl adjacent to an activating group) is 1. The lowest BCUT2D eigenvalue weighted by Gasteiger charge is -2.31. The second-order valence-corrected chi connectivity index (χ2v) is 5.86. The molecule has 0 aliphatic carbocycles. The van der Waals surface area contributed by atoms with E-state index >= 15 is 0 Å². The molecule has 0 spiro atoms. The van der Waals surface area contributed by atoms with Gasteiger partial charge in [-0.05, 0) is 33.4 Å². The van der Waals surface area contributed by atoms with Crippen molar-refractivity contribution in [3.8, 4) is 0 Å². The Morgan fingerprint density at radius 3 is 2.44 bits per heavy atom. The molecule has 5 nitrogen and oxygen atoms in total. The first-order valence-corrected chi connectivity index (χ1v) is 6.98. The maximum absolute atomic E-state index is 12.2. The van der Waals surface area contributed by atoms with E-state index in [-0.39, 0.29) is 5.91 Å². The average molecular weight is 254 g/mol. The van der Waals surface area contributed by atoms with Gasteiger partial charge in [0.2, 0.25) is 5.91 Å². The minimum Gasteiger partial charge on any atom is -0.340 e. The number of amides is 1. The van der Waals surface area contributed by atoms with Crippen molar-refractivity contribution >= 4 is 5.91 Å². The summed E-state index contributed by atoms with van der Waals surface area (Å²) in [6.07, 6.45) is 3.14. The quantitative estimate of drug-likeness (QED) is 0.743. The Bertz CT molecular complexity index is 287. The zero-order chi connectivity index (χ0) is 13.1. The van der Waals surface area contributed by atoms with Crippen LogP contribution in [0.4, 0.5) is 0 Å². The van der Waals surface area contributed by atoms with E-state index in [0.717, 1.165) is 45.4 Å². The largest absolute Gasteiger partial charge is 0.340 e. The predicted molar refractivity (Wildman–Crippen MR) is 72.3 cm³/mol. The fraction of sp³-hybridized carbons (Fsp3) is 0.923. The fourth-order valence-electron chi connectivity index (χ4n) is 2.79.